The Labute approximate surface area is 94.1 Å². The Morgan fingerprint density at radius 2 is 2.00 bits per heavy atom. The quantitative estimate of drug-likeness (QED) is 0.788. The van der Waals surface area contributed by atoms with Crippen LogP contribution in [0.3, 0.4) is 0 Å². The Kier molecular flexibility index (Phi) is 3.53. The van der Waals surface area contributed by atoms with Crippen molar-refractivity contribution in [1.82, 2.24) is 5.32 Å². The van der Waals surface area contributed by atoms with Crippen molar-refractivity contribution in [2.75, 3.05) is 7.05 Å². The fourth-order valence-corrected chi connectivity index (χ4v) is 2.10. The van der Waals surface area contributed by atoms with Gasteiger partial charge in [0.25, 0.3) is 0 Å². The van der Waals surface area contributed by atoms with E-state index in [1.165, 1.54) is 30.5 Å². The van der Waals surface area contributed by atoms with Gasteiger partial charge in [-0.05, 0) is 24.3 Å². The average molecular weight is 237 g/mol. The van der Waals surface area contributed by atoms with Gasteiger partial charge in [0, 0.05) is 13.2 Å². The summed E-state index contributed by atoms with van der Waals surface area (Å²) < 4.78 is 23.6. The second-order valence-corrected chi connectivity index (χ2v) is 4.92. The van der Waals surface area contributed by atoms with Gasteiger partial charge in [-0.3, -0.25) is 0 Å². The van der Waals surface area contributed by atoms with Crippen molar-refractivity contribution < 1.29 is 8.42 Å². The van der Waals surface area contributed by atoms with E-state index in [-0.39, 0.29) is 9.92 Å². The molecule has 0 heterocycles. The van der Waals surface area contributed by atoms with E-state index in [0.29, 0.717) is 5.56 Å². The minimum absolute atomic E-state index is 0.0653. The lowest BCUT2D eigenvalue weighted by Gasteiger charge is -2.04. The summed E-state index contributed by atoms with van der Waals surface area (Å²) in [6, 6.07) is 7.47. The maximum Gasteiger partial charge on any atom is 0.222 e. The van der Waals surface area contributed by atoms with E-state index >= 15 is 0 Å². The van der Waals surface area contributed by atoms with Crippen molar-refractivity contribution in [1.29, 1.82) is 5.26 Å². The Morgan fingerprint density at radius 1 is 1.44 bits per heavy atom. The van der Waals surface area contributed by atoms with Gasteiger partial charge in [-0.2, -0.15) is 5.26 Å². The first-order valence-electron chi connectivity index (χ1n) is 4.40. The van der Waals surface area contributed by atoms with E-state index in [0.717, 1.165) is 0 Å². The van der Waals surface area contributed by atoms with Crippen molar-refractivity contribution >= 4 is 9.84 Å². The number of benzene rings is 1. The van der Waals surface area contributed by atoms with E-state index < -0.39 is 9.84 Å². The molecule has 3 N–H and O–H groups in total. The Hall–Kier alpha value is -2.00. The first-order chi connectivity index (χ1) is 7.52. The fraction of sp³-hybridized carbons (Fsp3) is 0.100. The highest BCUT2D eigenvalue weighted by Gasteiger charge is 2.17. The van der Waals surface area contributed by atoms with Crippen molar-refractivity contribution in [2.24, 2.45) is 5.73 Å². The van der Waals surface area contributed by atoms with Crippen LogP contribution in [0.4, 0.5) is 0 Å². The first-order valence-corrected chi connectivity index (χ1v) is 5.89. The minimum atomic E-state index is -3.66. The highest BCUT2D eigenvalue weighted by atomic mass is 32.2. The molecule has 84 valence electrons. The topological polar surface area (TPSA) is 96.0 Å². The molecule has 0 spiro atoms. The SMILES string of the molecule is CN/C=C(\N)S(=O)(=O)c1ccc(C#N)cc1. The standard InChI is InChI=1S/C10H11N3O2S/c1-13-7-10(12)16(14,15)9-4-2-8(6-11)3-5-9/h2-5,7,13H,12H2,1H3/b10-7+. The van der Waals surface area contributed by atoms with Crippen LogP contribution in [0.25, 0.3) is 0 Å². The third-order valence-electron chi connectivity index (χ3n) is 1.89. The van der Waals surface area contributed by atoms with Crippen molar-refractivity contribution in [3.8, 4) is 6.07 Å². The molecular weight excluding hydrogens is 226 g/mol. The molecule has 0 unspecified atom stereocenters. The average Bonchev–Trinajstić information content (AvgIpc) is 2.29. The number of sulfone groups is 1. The van der Waals surface area contributed by atoms with E-state index in [9.17, 15) is 8.42 Å². The maximum atomic E-state index is 11.8. The number of nitriles is 1. The summed E-state index contributed by atoms with van der Waals surface area (Å²) in [7, 11) is -2.10. The van der Waals surface area contributed by atoms with Gasteiger partial charge in [-0.25, -0.2) is 8.42 Å². The number of nitrogens with two attached hydrogens (primary N) is 1. The highest BCUT2D eigenvalue weighted by Crippen LogP contribution is 2.15. The van der Waals surface area contributed by atoms with Crippen molar-refractivity contribution in [3.63, 3.8) is 0 Å². The summed E-state index contributed by atoms with van der Waals surface area (Å²) in [5, 5.41) is 10.9. The maximum absolute atomic E-state index is 11.8. The lowest BCUT2D eigenvalue weighted by Crippen LogP contribution is -2.15. The smallest absolute Gasteiger partial charge is 0.222 e. The van der Waals surface area contributed by atoms with Crippen molar-refractivity contribution in [3.05, 3.63) is 41.1 Å². The summed E-state index contributed by atoms with van der Waals surface area (Å²) in [4.78, 5) is 0.0653. The van der Waals surface area contributed by atoms with Gasteiger partial charge in [0.15, 0.2) is 0 Å². The van der Waals surface area contributed by atoms with Gasteiger partial charge >= 0.3 is 0 Å². The summed E-state index contributed by atoms with van der Waals surface area (Å²) in [6.45, 7) is 0. The Bertz CT molecular complexity index is 538. The van der Waals surface area contributed by atoms with Gasteiger partial charge in [0.2, 0.25) is 9.84 Å². The van der Waals surface area contributed by atoms with E-state index in [1.807, 2.05) is 6.07 Å². The molecule has 16 heavy (non-hydrogen) atoms. The summed E-state index contributed by atoms with van der Waals surface area (Å²) in [6.07, 6.45) is 1.20. The second kappa shape index (κ2) is 4.68. The Balaban J connectivity index is 3.19. The van der Waals surface area contributed by atoms with E-state index in [4.69, 9.17) is 11.0 Å². The molecule has 0 fully saturated rings. The molecule has 1 aromatic carbocycles. The van der Waals surface area contributed by atoms with Crippen LogP contribution in [0, 0.1) is 11.3 Å². The molecule has 6 heteroatoms. The van der Waals surface area contributed by atoms with Crippen LogP contribution in [-0.4, -0.2) is 15.5 Å². The van der Waals surface area contributed by atoms with Gasteiger partial charge < -0.3 is 11.1 Å². The number of hydrogen-bond acceptors (Lipinski definition) is 5. The zero-order valence-corrected chi connectivity index (χ0v) is 9.45. The summed E-state index contributed by atoms with van der Waals surface area (Å²) >= 11 is 0. The molecule has 0 atom stereocenters. The lowest BCUT2D eigenvalue weighted by molar-refractivity contribution is 0.601. The molecule has 1 rings (SSSR count). The number of nitrogens with one attached hydrogen (secondary N) is 1. The number of nitrogens with zero attached hydrogens (tertiary/aromatic N) is 1. The summed E-state index contributed by atoms with van der Waals surface area (Å²) in [5.74, 6) is 0. The molecule has 0 radical (unpaired) electrons. The monoisotopic (exact) mass is 237 g/mol. The molecular formula is C10H11N3O2S. The highest BCUT2D eigenvalue weighted by molar-refractivity contribution is 7.95. The van der Waals surface area contributed by atoms with E-state index in [2.05, 4.69) is 5.32 Å². The molecule has 0 amide bonds. The molecule has 0 aliphatic rings. The van der Waals surface area contributed by atoms with Crippen LogP contribution in [0.15, 0.2) is 40.4 Å². The van der Waals surface area contributed by atoms with Crippen LogP contribution >= 0.6 is 0 Å². The molecule has 0 saturated carbocycles. The van der Waals surface area contributed by atoms with Crippen LogP contribution in [0.2, 0.25) is 0 Å². The van der Waals surface area contributed by atoms with E-state index in [1.54, 1.807) is 7.05 Å². The van der Waals surface area contributed by atoms with Crippen molar-refractivity contribution in [2.45, 2.75) is 4.90 Å². The van der Waals surface area contributed by atoms with Gasteiger partial charge in [0.1, 0.15) is 5.03 Å². The predicted octanol–water partition coefficient (Wildman–Crippen LogP) is 0.309. The largest absolute Gasteiger partial charge is 0.392 e. The molecule has 0 saturated heterocycles. The zero-order chi connectivity index (χ0) is 12.2. The lowest BCUT2D eigenvalue weighted by atomic mass is 10.2. The van der Waals surface area contributed by atoms with Gasteiger partial charge in [-0.15, -0.1) is 0 Å². The van der Waals surface area contributed by atoms with Gasteiger partial charge in [0.05, 0.1) is 16.5 Å². The van der Waals surface area contributed by atoms with Crippen LogP contribution in [-0.2, 0) is 9.84 Å². The van der Waals surface area contributed by atoms with Crippen LogP contribution in [0.5, 0.6) is 0 Å². The molecule has 0 aliphatic heterocycles. The zero-order valence-electron chi connectivity index (χ0n) is 8.64. The first kappa shape index (κ1) is 12.1. The molecule has 0 aromatic heterocycles. The van der Waals surface area contributed by atoms with Crippen LogP contribution < -0.4 is 11.1 Å². The molecule has 1 aromatic rings. The normalized spacial score (nSPS) is 11.9. The third-order valence-corrected chi connectivity index (χ3v) is 3.52. The number of hydrogen-bond donors (Lipinski definition) is 2. The molecule has 0 aliphatic carbocycles. The fourth-order valence-electron chi connectivity index (χ4n) is 1.06. The molecule has 5 nitrogen and oxygen atoms in total. The Morgan fingerprint density at radius 3 is 2.44 bits per heavy atom. The molecule has 0 bridgehead atoms. The summed E-state index contributed by atoms with van der Waals surface area (Å²) in [5.41, 5.74) is 5.81. The van der Waals surface area contributed by atoms with Gasteiger partial charge in [-0.1, -0.05) is 0 Å². The van der Waals surface area contributed by atoms with Crippen LogP contribution in [0.1, 0.15) is 5.56 Å². The second-order valence-electron chi connectivity index (χ2n) is 2.97. The third kappa shape index (κ3) is 2.32. The predicted molar refractivity (Wildman–Crippen MR) is 59.7 cm³/mol. The number of rotatable bonds is 3. The minimum Gasteiger partial charge on any atom is -0.392 e.